The van der Waals surface area contributed by atoms with Crippen LogP contribution in [0.25, 0.3) is 20.8 Å². The maximum atomic E-state index is 13.1. The quantitative estimate of drug-likeness (QED) is 0.195. The second kappa shape index (κ2) is 11.9. The second-order valence-electron chi connectivity index (χ2n) is 10.4. The van der Waals surface area contributed by atoms with Crippen LogP contribution in [0.15, 0.2) is 83.8 Å². The van der Waals surface area contributed by atoms with Crippen LogP contribution in [0.2, 0.25) is 0 Å². The number of aryl methyl sites for hydroxylation is 1. The summed E-state index contributed by atoms with van der Waals surface area (Å²) >= 11 is 3.26. The van der Waals surface area contributed by atoms with Crippen molar-refractivity contribution in [1.82, 2.24) is 9.88 Å². The van der Waals surface area contributed by atoms with Crippen LogP contribution in [-0.2, 0) is 34.1 Å². The first-order chi connectivity index (χ1) is 19.9. The minimum atomic E-state index is -3.44. The maximum Gasteiger partial charge on any atom is 0.225 e. The number of nitrogens with zero attached hydrogens (tertiary/aromatic N) is 2. The van der Waals surface area contributed by atoms with E-state index in [-0.39, 0.29) is 24.5 Å². The first kappa shape index (κ1) is 27.8. The van der Waals surface area contributed by atoms with Gasteiger partial charge in [-0.3, -0.25) is 9.69 Å². The number of benzene rings is 3. The van der Waals surface area contributed by atoms with Gasteiger partial charge < -0.3 is 5.32 Å². The predicted octanol–water partition coefficient (Wildman–Crippen LogP) is 7.08. The molecule has 5 aromatic rings. The van der Waals surface area contributed by atoms with E-state index >= 15 is 0 Å². The van der Waals surface area contributed by atoms with Crippen LogP contribution in [0.1, 0.15) is 34.4 Å². The fourth-order valence-electron chi connectivity index (χ4n) is 5.20. The largest absolute Gasteiger partial charge is 0.317 e. The molecule has 6 rings (SSSR count). The van der Waals surface area contributed by atoms with Gasteiger partial charge in [0.15, 0.2) is 9.84 Å². The summed E-state index contributed by atoms with van der Waals surface area (Å²) in [5.74, 6) is -0.241. The fraction of sp³-hybridized carbons (Fsp3) is 0.250. The van der Waals surface area contributed by atoms with Crippen LogP contribution in [0.4, 0.5) is 5.00 Å². The molecule has 210 valence electrons. The predicted molar refractivity (Wildman–Crippen MR) is 168 cm³/mol. The summed E-state index contributed by atoms with van der Waals surface area (Å²) in [6.07, 6.45) is 1.27. The van der Waals surface area contributed by atoms with Crippen molar-refractivity contribution in [3.05, 3.63) is 100 Å². The van der Waals surface area contributed by atoms with E-state index < -0.39 is 9.84 Å². The zero-order valence-electron chi connectivity index (χ0n) is 22.8. The number of nitrogens with one attached hydrogen (secondary N) is 1. The second-order valence-corrected chi connectivity index (χ2v) is 14.7. The van der Waals surface area contributed by atoms with E-state index in [1.54, 1.807) is 46.9 Å². The van der Waals surface area contributed by atoms with Crippen LogP contribution in [0, 0.1) is 6.92 Å². The van der Waals surface area contributed by atoms with Gasteiger partial charge in [0.2, 0.25) is 5.91 Å². The Balaban J connectivity index is 1.21. The molecular formula is C32H31N3O3S3. The molecule has 1 N–H and O–H groups in total. The van der Waals surface area contributed by atoms with Gasteiger partial charge in [0.05, 0.1) is 20.9 Å². The summed E-state index contributed by atoms with van der Waals surface area (Å²) in [6, 6.07) is 25.4. The Morgan fingerprint density at radius 2 is 1.73 bits per heavy atom. The molecule has 0 saturated heterocycles. The normalized spacial score (nSPS) is 13.8. The minimum Gasteiger partial charge on any atom is -0.317 e. The Hall–Kier alpha value is -3.37. The number of aromatic nitrogens is 1. The lowest BCUT2D eigenvalue weighted by atomic mass is 10.0. The number of carbonyl (C=O) groups is 1. The summed E-state index contributed by atoms with van der Waals surface area (Å²) < 4.78 is 26.6. The standard InChI is InChI=1S/C32H31N3O3S3/c1-22-13-15-24(16-14-22)41(37,38)19-7-12-29(36)34-32-30(31-33-26-10-5-6-11-27(26)39-31)25-17-18-35(21-28(25)40-32)20-23-8-3-2-4-9-23/h2-6,8-11,13-16H,7,12,17-21H2,1H3,(H,34,36). The fourth-order valence-corrected chi connectivity index (χ4v) is 8.93. The first-order valence-electron chi connectivity index (χ1n) is 13.7. The molecule has 3 heterocycles. The average molecular weight is 602 g/mol. The minimum absolute atomic E-state index is 0.0659. The van der Waals surface area contributed by atoms with Crippen LogP contribution in [0.5, 0.6) is 0 Å². The lowest BCUT2D eigenvalue weighted by molar-refractivity contribution is -0.116. The van der Waals surface area contributed by atoms with Crippen molar-refractivity contribution in [3.8, 4) is 10.6 Å². The van der Waals surface area contributed by atoms with Crippen molar-refractivity contribution in [3.63, 3.8) is 0 Å². The molecule has 2 aromatic heterocycles. The van der Waals surface area contributed by atoms with Crippen LogP contribution < -0.4 is 5.32 Å². The van der Waals surface area contributed by atoms with Crippen molar-refractivity contribution < 1.29 is 13.2 Å². The van der Waals surface area contributed by atoms with Crippen molar-refractivity contribution >= 4 is 53.6 Å². The highest BCUT2D eigenvalue weighted by Gasteiger charge is 2.28. The topological polar surface area (TPSA) is 79.4 Å². The number of carbonyl (C=O) groups excluding carboxylic acids is 1. The molecule has 6 nitrogen and oxygen atoms in total. The van der Waals surface area contributed by atoms with Crippen molar-refractivity contribution in [1.29, 1.82) is 0 Å². The van der Waals surface area contributed by atoms with Gasteiger partial charge in [-0.2, -0.15) is 0 Å². The zero-order chi connectivity index (χ0) is 28.4. The smallest absolute Gasteiger partial charge is 0.225 e. The Morgan fingerprint density at radius 3 is 2.51 bits per heavy atom. The van der Waals surface area contributed by atoms with E-state index in [0.717, 1.165) is 57.4 Å². The zero-order valence-corrected chi connectivity index (χ0v) is 25.2. The van der Waals surface area contributed by atoms with Gasteiger partial charge in [0.25, 0.3) is 0 Å². The van der Waals surface area contributed by atoms with Gasteiger partial charge in [0, 0.05) is 36.5 Å². The molecule has 0 fully saturated rings. The number of amides is 1. The monoisotopic (exact) mass is 601 g/mol. The average Bonchev–Trinajstić information content (AvgIpc) is 3.54. The first-order valence-corrected chi connectivity index (χ1v) is 17.0. The van der Waals surface area contributed by atoms with E-state index in [2.05, 4.69) is 40.5 Å². The lowest BCUT2D eigenvalue weighted by Gasteiger charge is -2.27. The molecule has 0 spiro atoms. The molecule has 1 aliphatic heterocycles. The molecule has 0 atom stereocenters. The molecule has 1 amide bonds. The Morgan fingerprint density at radius 1 is 0.976 bits per heavy atom. The van der Waals surface area contributed by atoms with Crippen LogP contribution in [-0.4, -0.2) is 36.5 Å². The van der Waals surface area contributed by atoms with E-state index in [1.165, 1.54) is 16.0 Å². The number of hydrogen-bond donors (Lipinski definition) is 1. The molecule has 0 saturated carbocycles. The van der Waals surface area contributed by atoms with Gasteiger partial charge >= 0.3 is 0 Å². The maximum absolute atomic E-state index is 13.1. The van der Waals surface area contributed by atoms with Gasteiger partial charge in [-0.25, -0.2) is 13.4 Å². The highest BCUT2D eigenvalue weighted by atomic mass is 32.2. The van der Waals surface area contributed by atoms with Crippen molar-refractivity contribution in [2.24, 2.45) is 0 Å². The van der Waals surface area contributed by atoms with E-state index in [4.69, 9.17) is 4.98 Å². The molecule has 0 bridgehead atoms. The number of anilines is 1. The molecule has 0 radical (unpaired) electrons. The molecule has 9 heteroatoms. The number of thiophene rings is 1. The SMILES string of the molecule is Cc1ccc(S(=O)(=O)CCCC(=O)Nc2sc3c(c2-c2nc4ccccc4s2)CCN(Cc2ccccc2)C3)cc1. The summed E-state index contributed by atoms with van der Waals surface area (Å²) in [5.41, 5.74) is 5.52. The van der Waals surface area contributed by atoms with Gasteiger partial charge in [-0.15, -0.1) is 22.7 Å². The molecule has 41 heavy (non-hydrogen) atoms. The number of thiazole rings is 1. The third kappa shape index (κ3) is 6.28. The number of rotatable bonds is 9. The van der Waals surface area contributed by atoms with Gasteiger partial charge in [0.1, 0.15) is 10.0 Å². The lowest BCUT2D eigenvalue weighted by Crippen LogP contribution is -2.29. The number of sulfone groups is 1. The van der Waals surface area contributed by atoms with Gasteiger partial charge in [-0.1, -0.05) is 60.2 Å². The molecule has 0 aliphatic carbocycles. The Kier molecular flexibility index (Phi) is 8.03. The van der Waals surface area contributed by atoms with Crippen LogP contribution in [0.3, 0.4) is 0 Å². The van der Waals surface area contributed by atoms with E-state index in [9.17, 15) is 13.2 Å². The molecular weight excluding hydrogens is 571 g/mol. The number of fused-ring (bicyclic) bond motifs is 2. The Bertz CT molecular complexity index is 1760. The van der Waals surface area contributed by atoms with Crippen molar-refractivity contribution in [2.45, 2.75) is 44.2 Å². The molecule has 0 unspecified atom stereocenters. The summed E-state index contributed by atoms with van der Waals surface area (Å²) in [5, 5.41) is 4.86. The summed E-state index contributed by atoms with van der Waals surface area (Å²) in [7, 11) is -3.44. The third-order valence-electron chi connectivity index (χ3n) is 7.34. The highest BCUT2D eigenvalue weighted by molar-refractivity contribution is 7.91. The third-order valence-corrected chi connectivity index (χ3v) is 11.3. The highest BCUT2D eigenvalue weighted by Crippen LogP contribution is 2.46. The number of hydrogen-bond acceptors (Lipinski definition) is 7. The Labute approximate surface area is 248 Å². The van der Waals surface area contributed by atoms with Crippen LogP contribution >= 0.6 is 22.7 Å². The molecule has 1 aliphatic rings. The van der Waals surface area contributed by atoms with Crippen molar-refractivity contribution in [2.75, 3.05) is 17.6 Å². The van der Waals surface area contributed by atoms with Gasteiger partial charge in [-0.05, 0) is 55.2 Å². The summed E-state index contributed by atoms with van der Waals surface area (Å²) in [4.78, 5) is 22.0. The van der Waals surface area contributed by atoms with E-state index in [0.29, 0.717) is 4.90 Å². The molecule has 3 aromatic carbocycles. The van der Waals surface area contributed by atoms with E-state index in [1.807, 2.05) is 31.2 Å². The summed E-state index contributed by atoms with van der Waals surface area (Å²) in [6.45, 7) is 4.55. The number of para-hydroxylation sites is 1.